The Morgan fingerprint density at radius 2 is 1.84 bits per heavy atom. The van der Waals surface area contributed by atoms with Crippen LogP contribution in [0.2, 0.25) is 0 Å². The molecule has 2 saturated heterocycles. The molecule has 0 saturated carbocycles. The number of benzene rings is 1. The number of nitrogens with one attached hydrogen (secondary N) is 2. The average Bonchev–Trinajstić information content (AvgIpc) is 3.09. The number of urea groups is 1. The molecule has 4 nitrogen and oxygen atoms in total. The molecule has 2 atom stereocenters. The smallest absolute Gasteiger partial charge is 0.319 e. The molecule has 0 aliphatic carbocycles. The van der Waals surface area contributed by atoms with E-state index in [0.29, 0.717) is 12.1 Å². The molecule has 2 aliphatic heterocycles. The van der Waals surface area contributed by atoms with E-state index < -0.39 is 0 Å². The maximum absolute atomic E-state index is 12.3. The zero-order valence-electron chi connectivity index (χ0n) is 14.4. The van der Waals surface area contributed by atoms with Crippen molar-refractivity contribution in [1.82, 2.24) is 10.2 Å². The standard InChI is InChI=1S/C20H25N3OS/c24-20(21-15-6-2-1-3-7-15)22-16-12-17-8-4-9-18(13-16)23(17)14-19-10-5-11-25-19/h1-3,5-7,10-11,16-18H,4,8-9,12-14H2,(H2,21,22,24). The van der Waals surface area contributed by atoms with E-state index in [2.05, 4.69) is 33.0 Å². The van der Waals surface area contributed by atoms with Crippen molar-refractivity contribution in [2.75, 3.05) is 5.32 Å². The van der Waals surface area contributed by atoms with Crippen molar-refractivity contribution in [2.24, 2.45) is 0 Å². The lowest BCUT2D eigenvalue weighted by Crippen LogP contribution is -2.56. The van der Waals surface area contributed by atoms with Gasteiger partial charge in [0.2, 0.25) is 0 Å². The first-order valence-electron chi connectivity index (χ1n) is 9.18. The summed E-state index contributed by atoms with van der Waals surface area (Å²) in [7, 11) is 0. The van der Waals surface area contributed by atoms with Crippen molar-refractivity contribution in [2.45, 2.75) is 56.8 Å². The molecule has 25 heavy (non-hydrogen) atoms. The van der Waals surface area contributed by atoms with Gasteiger partial charge in [0.25, 0.3) is 0 Å². The van der Waals surface area contributed by atoms with Crippen LogP contribution in [0.1, 0.15) is 37.0 Å². The van der Waals surface area contributed by atoms with Gasteiger partial charge in [-0.05, 0) is 49.3 Å². The minimum Gasteiger partial charge on any atom is -0.335 e. The first kappa shape index (κ1) is 16.6. The summed E-state index contributed by atoms with van der Waals surface area (Å²) in [6, 6.07) is 15.4. The SMILES string of the molecule is O=C(Nc1ccccc1)NC1CC2CCCC(C1)N2Cc1cccs1. The Morgan fingerprint density at radius 1 is 1.08 bits per heavy atom. The number of thiophene rings is 1. The highest BCUT2D eigenvalue weighted by Crippen LogP contribution is 2.35. The third-order valence-corrected chi connectivity index (χ3v) is 6.27. The fourth-order valence-electron chi connectivity index (χ4n) is 4.31. The van der Waals surface area contributed by atoms with Crippen LogP contribution in [0.15, 0.2) is 47.8 Å². The predicted octanol–water partition coefficient (Wildman–Crippen LogP) is 4.46. The number of hydrogen-bond acceptors (Lipinski definition) is 3. The van der Waals surface area contributed by atoms with Gasteiger partial charge in [0, 0.05) is 35.2 Å². The number of amides is 2. The highest BCUT2D eigenvalue weighted by Gasteiger charge is 2.38. The maximum Gasteiger partial charge on any atom is 0.319 e. The van der Waals surface area contributed by atoms with E-state index in [9.17, 15) is 4.79 Å². The molecule has 4 rings (SSSR count). The monoisotopic (exact) mass is 355 g/mol. The van der Waals surface area contributed by atoms with Crippen molar-refractivity contribution in [3.63, 3.8) is 0 Å². The molecule has 2 fully saturated rings. The van der Waals surface area contributed by atoms with Crippen LogP contribution in [0.5, 0.6) is 0 Å². The molecule has 2 N–H and O–H groups in total. The van der Waals surface area contributed by atoms with Gasteiger partial charge in [-0.3, -0.25) is 4.90 Å². The lowest BCUT2D eigenvalue weighted by Gasteiger charge is -2.48. The summed E-state index contributed by atoms with van der Waals surface area (Å²) >= 11 is 1.85. The fraction of sp³-hybridized carbons (Fsp3) is 0.450. The second kappa shape index (κ2) is 7.58. The van der Waals surface area contributed by atoms with Crippen LogP contribution >= 0.6 is 11.3 Å². The minimum atomic E-state index is -0.0824. The highest BCUT2D eigenvalue weighted by atomic mass is 32.1. The Labute approximate surface area is 153 Å². The molecule has 2 bridgehead atoms. The van der Waals surface area contributed by atoms with Crippen LogP contribution in [-0.4, -0.2) is 29.1 Å². The van der Waals surface area contributed by atoms with E-state index in [1.807, 2.05) is 41.7 Å². The van der Waals surface area contributed by atoms with Crippen molar-refractivity contribution in [3.05, 3.63) is 52.7 Å². The van der Waals surface area contributed by atoms with Gasteiger partial charge in [0.15, 0.2) is 0 Å². The van der Waals surface area contributed by atoms with Gasteiger partial charge in [-0.2, -0.15) is 0 Å². The zero-order chi connectivity index (χ0) is 17.1. The Hall–Kier alpha value is -1.85. The number of carbonyl (C=O) groups excluding carboxylic acids is 1. The minimum absolute atomic E-state index is 0.0824. The van der Waals surface area contributed by atoms with Crippen molar-refractivity contribution in [1.29, 1.82) is 0 Å². The molecular weight excluding hydrogens is 330 g/mol. The Morgan fingerprint density at radius 3 is 2.52 bits per heavy atom. The zero-order valence-corrected chi connectivity index (χ0v) is 15.2. The van der Waals surface area contributed by atoms with E-state index in [0.717, 1.165) is 25.1 Å². The molecule has 2 unspecified atom stereocenters. The van der Waals surface area contributed by atoms with E-state index in [4.69, 9.17) is 0 Å². The summed E-state index contributed by atoms with van der Waals surface area (Å²) in [6.45, 7) is 1.07. The van der Waals surface area contributed by atoms with Crippen LogP contribution in [0.25, 0.3) is 0 Å². The van der Waals surface area contributed by atoms with Crippen LogP contribution in [-0.2, 0) is 6.54 Å². The van der Waals surface area contributed by atoms with Gasteiger partial charge in [-0.1, -0.05) is 30.7 Å². The van der Waals surface area contributed by atoms with Crippen LogP contribution < -0.4 is 10.6 Å². The summed E-state index contributed by atoms with van der Waals surface area (Å²) in [4.78, 5) is 16.4. The number of piperidine rings is 2. The van der Waals surface area contributed by atoms with E-state index >= 15 is 0 Å². The van der Waals surface area contributed by atoms with Crippen molar-refractivity contribution < 1.29 is 4.79 Å². The highest BCUT2D eigenvalue weighted by molar-refractivity contribution is 7.09. The van der Waals surface area contributed by atoms with E-state index in [1.165, 1.54) is 24.1 Å². The number of fused-ring (bicyclic) bond motifs is 2. The Balaban J connectivity index is 1.35. The molecule has 3 heterocycles. The molecule has 5 heteroatoms. The van der Waals surface area contributed by atoms with E-state index in [1.54, 1.807) is 0 Å². The van der Waals surface area contributed by atoms with Gasteiger partial charge in [-0.25, -0.2) is 4.79 Å². The lowest BCUT2D eigenvalue weighted by molar-refractivity contribution is 0.0208. The van der Waals surface area contributed by atoms with Crippen molar-refractivity contribution >= 4 is 23.1 Å². The van der Waals surface area contributed by atoms with Crippen LogP contribution in [0.3, 0.4) is 0 Å². The Bertz CT molecular complexity index is 674. The molecule has 2 aliphatic rings. The molecule has 1 aromatic carbocycles. The number of nitrogens with zero attached hydrogens (tertiary/aromatic N) is 1. The lowest BCUT2D eigenvalue weighted by atomic mass is 9.81. The van der Waals surface area contributed by atoms with E-state index in [-0.39, 0.29) is 12.1 Å². The largest absolute Gasteiger partial charge is 0.335 e. The normalized spacial score (nSPS) is 26.2. The first-order chi connectivity index (χ1) is 12.3. The first-order valence-corrected chi connectivity index (χ1v) is 10.1. The Kier molecular flexibility index (Phi) is 5.04. The summed E-state index contributed by atoms with van der Waals surface area (Å²) in [6.07, 6.45) is 5.94. The maximum atomic E-state index is 12.3. The number of hydrogen-bond donors (Lipinski definition) is 2. The van der Waals surface area contributed by atoms with Gasteiger partial charge in [0.1, 0.15) is 0 Å². The number of carbonyl (C=O) groups is 1. The summed E-state index contributed by atoms with van der Waals surface area (Å²) < 4.78 is 0. The molecule has 0 radical (unpaired) electrons. The second-order valence-corrected chi connectivity index (χ2v) is 8.16. The number of para-hydroxylation sites is 1. The molecule has 2 aromatic rings. The predicted molar refractivity (Wildman–Crippen MR) is 103 cm³/mol. The molecule has 2 amide bonds. The molecule has 0 spiro atoms. The molecule has 1 aromatic heterocycles. The number of anilines is 1. The topological polar surface area (TPSA) is 44.4 Å². The molecular formula is C20H25N3OS. The summed E-state index contributed by atoms with van der Waals surface area (Å²) in [5.41, 5.74) is 0.843. The fourth-order valence-corrected chi connectivity index (χ4v) is 5.02. The third kappa shape index (κ3) is 4.05. The molecule has 132 valence electrons. The average molecular weight is 356 g/mol. The quantitative estimate of drug-likeness (QED) is 0.851. The second-order valence-electron chi connectivity index (χ2n) is 7.12. The van der Waals surface area contributed by atoms with Crippen molar-refractivity contribution in [3.8, 4) is 0 Å². The van der Waals surface area contributed by atoms with Gasteiger partial charge in [-0.15, -0.1) is 11.3 Å². The van der Waals surface area contributed by atoms with Gasteiger partial charge in [0.05, 0.1) is 0 Å². The summed E-state index contributed by atoms with van der Waals surface area (Å²) in [5.74, 6) is 0. The van der Waals surface area contributed by atoms with Crippen LogP contribution in [0.4, 0.5) is 10.5 Å². The summed E-state index contributed by atoms with van der Waals surface area (Å²) in [5, 5.41) is 8.30. The number of rotatable bonds is 4. The van der Waals surface area contributed by atoms with Gasteiger partial charge >= 0.3 is 6.03 Å². The van der Waals surface area contributed by atoms with Crippen LogP contribution in [0, 0.1) is 0 Å². The third-order valence-electron chi connectivity index (χ3n) is 5.41. The van der Waals surface area contributed by atoms with Gasteiger partial charge < -0.3 is 10.6 Å².